The first-order valence-corrected chi connectivity index (χ1v) is 8.29. The Morgan fingerprint density at radius 2 is 1.95 bits per heavy atom. The zero-order valence-corrected chi connectivity index (χ0v) is 13.7. The Morgan fingerprint density at radius 1 is 1.25 bits per heavy atom. The fourth-order valence-electron chi connectivity index (χ4n) is 2.32. The maximum Gasteiger partial charge on any atom is 0.188 e. The molecule has 4 nitrogen and oxygen atoms in total. The smallest absolute Gasteiger partial charge is 0.188 e. The standard InChI is InChI=1S/C15H25N3OS/c1-5-7-16-13-6-8-19-9-14(13)20-15-17-11(3)10(2)12(4)18-15/h13-14,16H,5-9H2,1-4H3. The van der Waals surface area contributed by atoms with Crippen molar-refractivity contribution in [3.05, 3.63) is 17.0 Å². The average Bonchev–Trinajstić information content (AvgIpc) is 2.44. The van der Waals surface area contributed by atoms with Gasteiger partial charge in [-0.25, -0.2) is 9.97 Å². The minimum Gasteiger partial charge on any atom is -0.380 e. The van der Waals surface area contributed by atoms with Gasteiger partial charge in [-0.1, -0.05) is 18.7 Å². The maximum absolute atomic E-state index is 5.63. The molecule has 1 fully saturated rings. The molecule has 1 aromatic heterocycles. The molecule has 0 aromatic carbocycles. The van der Waals surface area contributed by atoms with Gasteiger partial charge in [-0.15, -0.1) is 0 Å². The van der Waals surface area contributed by atoms with Gasteiger partial charge in [-0.3, -0.25) is 0 Å². The van der Waals surface area contributed by atoms with Crippen molar-refractivity contribution in [3.63, 3.8) is 0 Å². The molecule has 2 rings (SSSR count). The normalized spacial score (nSPS) is 23.0. The highest BCUT2D eigenvalue weighted by molar-refractivity contribution is 7.99. The molecule has 2 atom stereocenters. The summed E-state index contributed by atoms with van der Waals surface area (Å²) in [6.45, 7) is 11.1. The highest BCUT2D eigenvalue weighted by atomic mass is 32.2. The third kappa shape index (κ3) is 3.93. The molecule has 2 heterocycles. The van der Waals surface area contributed by atoms with E-state index in [1.165, 1.54) is 5.56 Å². The van der Waals surface area contributed by atoms with E-state index in [2.05, 4.69) is 43.0 Å². The van der Waals surface area contributed by atoms with Gasteiger partial charge in [0.05, 0.1) is 11.9 Å². The van der Waals surface area contributed by atoms with Crippen LogP contribution in [-0.2, 0) is 4.74 Å². The summed E-state index contributed by atoms with van der Waals surface area (Å²) in [4.78, 5) is 9.22. The van der Waals surface area contributed by atoms with E-state index >= 15 is 0 Å². The van der Waals surface area contributed by atoms with Gasteiger partial charge in [0.15, 0.2) is 5.16 Å². The molecule has 0 saturated carbocycles. The van der Waals surface area contributed by atoms with Gasteiger partial charge in [-0.05, 0) is 45.7 Å². The van der Waals surface area contributed by atoms with Crippen LogP contribution >= 0.6 is 11.8 Å². The first-order valence-electron chi connectivity index (χ1n) is 7.41. The van der Waals surface area contributed by atoms with E-state index in [1.807, 2.05) is 0 Å². The van der Waals surface area contributed by atoms with E-state index in [0.29, 0.717) is 11.3 Å². The molecule has 1 N–H and O–H groups in total. The summed E-state index contributed by atoms with van der Waals surface area (Å²) in [5.74, 6) is 0. The molecule has 20 heavy (non-hydrogen) atoms. The van der Waals surface area contributed by atoms with Crippen LogP contribution in [-0.4, -0.2) is 41.0 Å². The second-order valence-electron chi connectivity index (χ2n) is 5.38. The first kappa shape index (κ1) is 15.7. The van der Waals surface area contributed by atoms with Gasteiger partial charge in [0.2, 0.25) is 0 Å². The van der Waals surface area contributed by atoms with E-state index < -0.39 is 0 Å². The molecule has 1 aliphatic rings. The van der Waals surface area contributed by atoms with Crippen molar-refractivity contribution in [2.24, 2.45) is 0 Å². The number of aromatic nitrogens is 2. The lowest BCUT2D eigenvalue weighted by Crippen LogP contribution is -2.45. The van der Waals surface area contributed by atoms with E-state index in [0.717, 1.165) is 49.1 Å². The van der Waals surface area contributed by atoms with Crippen LogP contribution in [0.2, 0.25) is 0 Å². The van der Waals surface area contributed by atoms with E-state index in [-0.39, 0.29) is 0 Å². The van der Waals surface area contributed by atoms with Crippen LogP contribution in [0.1, 0.15) is 36.7 Å². The van der Waals surface area contributed by atoms with Gasteiger partial charge in [0, 0.05) is 24.0 Å². The zero-order chi connectivity index (χ0) is 14.5. The summed E-state index contributed by atoms with van der Waals surface area (Å²) in [7, 11) is 0. The Balaban J connectivity index is 2.06. The lowest BCUT2D eigenvalue weighted by molar-refractivity contribution is 0.0832. The predicted molar refractivity (Wildman–Crippen MR) is 83.4 cm³/mol. The van der Waals surface area contributed by atoms with Crippen molar-refractivity contribution in [2.75, 3.05) is 19.8 Å². The molecule has 0 bridgehead atoms. The van der Waals surface area contributed by atoms with Crippen molar-refractivity contribution >= 4 is 11.8 Å². The molecule has 0 spiro atoms. The molecule has 5 heteroatoms. The van der Waals surface area contributed by atoms with Crippen molar-refractivity contribution in [3.8, 4) is 0 Å². The van der Waals surface area contributed by atoms with E-state index in [1.54, 1.807) is 11.8 Å². The monoisotopic (exact) mass is 295 g/mol. The van der Waals surface area contributed by atoms with Crippen molar-refractivity contribution in [2.45, 2.75) is 57.0 Å². The summed E-state index contributed by atoms with van der Waals surface area (Å²) in [6.07, 6.45) is 2.23. The van der Waals surface area contributed by atoms with Gasteiger partial charge >= 0.3 is 0 Å². The topological polar surface area (TPSA) is 47.0 Å². The third-order valence-corrected chi connectivity index (χ3v) is 4.99. The number of nitrogens with one attached hydrogen (secondary N) is 1. The predicted octanol–water partition coefficient (Wildman–Crippen LogP) is 2.65. The minimum atomic E-state index is 0.400. The van der Waals surface area contributed by atoms with Crippen LogP contribution in [0.3, 0.4) is 0 Å². The lowest BCUT2D eigenvalue weighted by atomic mass is 10.1. The Bertz CT molecular complexity index is 430. The first-order chi connectivity index (χ1) is 9.61. The quantitative estimate of drug-likeness (QED) is 0.846. The molecule has 1 aromatic rings. The van der Waals surface area contributed by atoms with Crippen LogP contribution in [0.25, 0.3) is 0 Å². The highest BCUT2D eigenvalue weighted by Gasteiger charge is 2.27. The SMILES string of the molecule is CCCNC1CCOCC1Sc1nc(C)c(C)c(C)n1. The molecule has 112 valence electrons. The van der Waals surface area contributed by atoms with Gasteiger partial charge in [0.25, 0.3) is 0 Å². The fraction of sp³-hybridized carbons (Fsp3) is 0.733. The van der Waals surface area contributed by atoms with Crippen LogP contribution in [0.4, 0.5) is 0 Å². The second kappa shape index (κ2) is 7.38. The molecular weight excluding hydrogens is 270 g/mol. The van der Waals surface area contributed by atoms with Crippen LogP contribution in [0.5, 0.6) is 0 Å². The van der Waals surface area contributed by atoms with Crippen molar-refractivity contribution < 1.29 is 4.74 Å². The van der Waals surface area contributed by atoms with E-state index in [4.69, 9.17) is 4.74 Å². The Labute approximate surface area is 126 Å². The van der Waals surface area contributed by atoms with Gasteiger partial charge < -0.3 is 10.1 Å². The summed E-state index contributed by atoms with van der Waals surface area (Å²) in [5.41, 5.74) is 3.35. The molecular formula is C15H25N3OS. The lowest BCUT2D eigenvalue weighted by Gasteiger charge is -2.31. The number of aryl methyl sites for hydroxylation is 2. The highest BCUT2D eigenvalue weighted by Crippen LogP contribution is 2.27. The van der Waals surface area contributed by atoms with Crippen LogP contribution < -0.4 is 5.32 Å². The minimum absolute atomic E-state index is 0.400. The number of nitrogens with zero attached hydrogens (tertiary/aromatic N) is 2. The van der Waals surface area contributed by atoms with Crippen molar-refractivity contribution in [1.82, 2.24) is 15.3 Å². The number of thioether (sulfide) groups is 1. The van der Waals surface area contributed by atoms with Crippen LogP contribution in [0.15, 0.2) is 5.16 Å². The zero-order valence-electron chi connectivity index (χ0n) is 12.9. The van der Waals surface area contributed by atoms with Gasteiger partial charge in [-0.2, -0.15) is 0 Å². The molecule has 1 saturated heterocycles. The third-order valence-electron chi connectivity index (χ3n) is 3.83. The summed E-state index contributed by atoms with van der Waals surface area (Å²) >= 11 is 1.75. The average molecular weight is 295 g/mol. The second-order valence-corrected chi connectivity index (χ2v) is 6.59. The summed E-state index contributed by atoms with van der Waals surface area (Å²) < 4.78 is 5.63. The largest absolute Gasteiger partial charge is 0.380 e. The molecule has 0 radical (unpaired) electrons. The van der Waals surface area contributed by atoms with Crippen LogP contribution in [0, 0.1) is 20.8 Å². The number of hydrogen-bond donors (Lipinski definition) is 1. The molecule has 0 aliphatic carbocycles. The Hall–Kier alpha value is -0.650. The fourth-order valence-corrected chi connectivity index (χ4v) is 3.53. The van der Waals surface area contributed by atoms with E-state index in [9.17, 15) is 0 Å². The maximum atomic E-state index is 5.63. The molecule has 2 unspecified atom stereocenters. The van der Waals surface area contributed by atoms with Crippen molar-refractivity contribution in [1.29, 1.82) is 0 Å². The number of ether oxygens (including phenoxy) is 1. The molecule has 0 amide bonds. The number of hydrogen-bond acceptors (Lipinski definition) is 5. The number of rotatable bonds is 5. The summed E-state index contributed by atoms with van der Waals surface area (Å²) in [5, 5.41) is 4.90. The Kier molecular flexibility index (Phi) is 5.81. The Morgan fingerprint density at radius 3 is 2.60 bits per heavy atom. The summed E-state index contributed by atoms with van der Waals surface area (Å²) in [6, 6.07) is 0.499. The molecule has 1 aliphatic heterocycles. The van der Waals surface area contributed by atoms with Gasteiger partial charge in [0.1, 0.15) is 0 Å².